The molecular weight excluding hydrogens is 1460 g/mol. The Kier molecular flexibility index (Phi) is 25.3. The zero-order chi connectivity index (χ0) is 79.0. The van der Waals surface area contributed by atoms with Crippen LogP contribution >= 0.6 is 0 Å². The molecule has 8 N–H and O–H groups in total. The summed E-state index contributed by atoms with van der Waals surface area (Å²) < 4.78 is 101. The number of benzene rings is 4. The van der Waals surface area contributed by atoms with Gasteiger partial charge < -0.3 is 55.1 Å². The first-order chi connectivity index (χ1) is 51.4. The number of rotatable bonds is 9. The third-order valence-electron chi connectivity index (χ3n) is 19.9. The molecule has 4 aromatic rings. The number of aliphatic carboxylic acids is 1. The Morgan fingerprint density at radius 3 is 1.37 bits per heavy atom. The molecule has 33 heteroatoms. The molecule has 0 unspecified atom stereocenters. The van der Waals surface area contributed by atoms with Crippen LogP contribution in [0.4, 0.5) is 28.0 Å². The van der Waals surface area contributed by atoms with E-state index in [-0.39, 0.29) is 93.5 Å². The number of primary sulfonamides is 1. The number of halogens is 2. The van der Waals surface area contributed by atoms with Gasteiger partial charge in [0.15, 0.2) is 0 Å². The Morgan fingerprint density at radius 2 is 0.963 bits per heavy atom. The maximum absolute atomic E-state index is 14.4. The highest BCUT2D eigenvalue weighted by molar-refractivity contribution is 7.90. The molecule has 0 aromatic heterocycles. The van der Waals surface area contributed by atoms with Crippen LogP contribution in [0.2, 0.25) is 0 Å². The van der Waals surface area contributed by atoms with Crippen LogP contribution in [-0.2, 0) is 93.9 Å². The molecule has 2 saturated heterocycles. The van der Waals surface area contributed by atoms with E-state index in [0.29, 0.717) is 47.9 Å². The number of carbonyl (C=O) groups is 10. The van der Waals surface area contributed by atoms with E-state index in [1.54, 1.807) is 96.1 Å². The lowest BCUT2D eigenvalue weighted by Crippen LogP contribution is -2.58. The van der Waals surface area contributed by atoms with Crippen LogP contribution in [0.1, 0.15) is 154 Å². The van der Waals surface area contributed by atoms with Crippen molar-refractivity contribution in [3.8, 4) is 0 Å². The van der Waals surface area contributed by atoms with E-state index in [2.05, 4.69) is 26.0 Å². The fourth-order valence-corrected chi connectivity index (χ4v) is 15.7. The van der Waals surface area contributed by atoms with Crippen molar-refractivity contribution in [2.24, 2.45) is 17.0 Å². The molecule has 29 nitrogen and oxygen atoms in total. The summed E-state index contributed by atoms with van der Waals surface area (Å²) in [6.45, 7) is 10.1. The summed E-state index contributed by atoms with van der Waals surface area (Å²) in [6.07, 6.45) is 8.61. The molecule has 0 radical (unpaired) electrons. The van der Waals surface area contributed by atoms with E-state index in [9.17, 15) is 78.7 Å². The number of sulfonamides is 2. The zero-order valence-corrected chi connectivity index (χ0v) is 63.2. The van der Waals surface area contributed by atoms with Gasteiger partial charge in [0.2, 0.25) is 33.7 Å². The number of carbonyl (C=O) groups excluding carboxylic acids is 9. The highest BCUT2D eigenvalue weighted by Crippen LogP contribution is 2.47. The second-order valence-corrected chi connectivity index (χ2v) is 33.7. The second-order valence-electron chi connectivity index (χ2n) is 30.4. The van der Waals surface area contributed by atoms with Gasteiger partial charge in [0.05, 0.1) is 36.0 Å². The topological polar surface area (TPSA) is 395 Å². The van der Waals surface area contributed by atoms with Gasteiger partial charge in [0, 0.05) is 48.9 Å². The van der Waals surface area contributed by atoms with Gasteiger partial charge in [-0.1, -0.05) is 111 Å². The molecule has 12 rings (SSSR count). The Bertz CT molecular complexity index is 4410. The van der Waals surface area contributed by atoms with E-state index in [4.69, 9.17) is 24.1 Å². The number of fused-ring (bicyclic) bond motifs is 6. The van der Waals surface area contributed by atoms with E-state index in [0.717, 1.165) is 25.7 Å². The minimum absolute atomic E-state index is 0.0135. The minimum Gasteiger partial charge on any atom is -0.479 e. The highest BCUT2D eigenvalue weighted by Gasteiger charge is 2.63. The lowest BCUT2D eigenvalue weighted by atomic mass is 10.0. The van der Waals surface area contributed by atoms with Gasteiger partial charge in [-0.05, 0) is 140 Å². The molecule has 6 heterocycles. The smallest absolute Gasteiger partial charge is 0.410 e. The summed E-state index contributed by atoms with van der Waals surface area (Å²) >= 11 is 0. The molecule has 6 aliphatic heterocycles. The van der Waals surface area contributed by atoms with Crippen LogP contribution in [0.3, 0.4) is 0 Å². The number of alkyl carbamates (subject to hydrolysis) is 2. The van der Waals surface area contributed by atoms with Gasteiger partial charge in [-0.2, -0.15) is 0 Å². The molecular formula is C76H94F2N10O19S2. The van der Waals surface area contributed by atoms with Crippen LogP contribution in [0.15, 0.2) is 131 Å². The van der Waals surface area contributed by atoms with Gasteiger partial charge >= 0.3 is 30.3 Å². The molecule has 0 spiro atoms. The Labute approximate surface area is 631 Å². The first-order valence-electron chi connectivity index (χ1n) is 36.4. The van der Waals surface area contributed by atoms with Crippen molar-refractivity contribution in [1.29, 1.82) is 0 Å². The average Bonchev–Trinajstić information content (AvgIpc) is 1.58. The first kappa shape index (κ1) is 81.5. The molecule has 0 bridgehead atoms. The van der Waals surface area contributed by atoms with E-state index >= 15 is 0 Å². The Hall–Kier alpha value is -10.0. The third kappa shape index (κ3) is 20.7. The Balaban J connectivity index is 0.000000208. The van der Waals surface area contributed by atoms with Crippen molar-refractivity contribution in [1.82, 2.24) is 45.6 Å². The zero-order valence-electron chi connectivity index (χ0n) is 61.5. The SMILES string of the molecule is CC(C)(C)OC(=O)N[C@H]1CCCCC/C=C\[C@@H]2C[C@@]2(C(=O)NS(=O)(=O)c2ccccc2)NC(=O)[C@@H]2C[C@@H](OC(=O)N3Cc4cccc(F)c4C3)CN2C1=O.CC(C)(C)OC(=O)N[C@H]1CCCCC/C=C\[C@@H]2C[C@@]2(C(=O)O)NC(=O)[C@@H]2C[C@@H](OC(=O)N3Cc4cccc(F)c4C3)CN2C1=O.NS(=O)(=O)c1ccccc1. The maximum atomic E-state index is 14.4. The molecule has 2 aliphatic carbocycles. The molecule has 8 aliphatic rings. The number of hydrogen-bond donors (Lipinski definition) is 7. The average molecular weight is 1550 g/mol. The van der Waals surface area contributed by atoms with Crippen LogP contribution in [0.25, 0.3) is 0 Å². The lowest BCUT2D eigenvalue weighted by Gasteiger charge is -2.30. The van der Waals surface area contributed by atoms with Crippen LogP contribution < -0.4 is 31.1 Å². The largest absolute Gasteiger partial charge is 0.479 e. The van der Waals surface area contributed by atoms with Crippen molar-refractivity contribution >= 4 is 79.9 Å². The summed E-state index contributed by atoms with van der Waals surface area (Å²) in [5.41, 5.74) is -2.69. The molecule has 10 atom stereocenters. The molecule has 4 aromatic carbocycles. The van der Waals surface area contributed by atoms with Crippen molar-refractivity contribution in [2.75, 3.05) is 13.1 Å². The lowest BCUT2D eigenvalue weighted by molar-refractivity contribution is -0.145. The van der Waals surface area contributed by atoms with Crippen LogP contribution in [0.5, 0.6) is 0 Å². The number of amides is 9. The van der Waals surface area contributed by atoms with Crippen molar-refractivity contribution in [2.45, 2.75) is 226 Å². The van der Waals surface area contributed by atoms with Crippen molar-refractivity contribution in [3.05, 3.63) is 155 Å². The summed E-state index contributed by atoms with van der Waals surface area (Å²) in [7, 11) is -7.79. The van der Waals surface area contributed by atoms with Gasteiger partial charge in [-0.25, -0.2) is 59.5 Å². The summed E-state index contributed by atoms with van der Waals surface area (Å²) in [5, 5.41) is 25.6. The van der Waals surface area contributed by atoms with Gasteiger partial charge in [-0.15, -0.1) is 0 Å². The number of nitrogens with two attached hydrogens (primary N) is 1. The van der Waals surface area contributed by atoms with Crippen LogP contribution in [-0.4, -0.2) is 173 Å². The predicted octanol–water partition coefficient (Wildman–Crippen LogP) is 8.00. The van der Waals surface area contributed by atoms with Gasteiger partial charge in [-0.3, -0.25) is 33.8 Å². The maximum Gasteiger partial charge on any atom is 0.410 e. The summed E-state index contributed by atoms with van der Waals surface area (Å²) in [4.78, 5) is 140. The van der Waals surface area contributed by atoms with Gasteiger partial charge in [0.25, 0.3) is 15.9 Å². The normalized spacial score (nSPS) is 26.2. The highest BCUT2D eigenvalue weighted by atomic mass is 32.2. The van der Waals surface area contributed by atoms with Gasteiger partial charge in [0.1, 0.15) is 70.3 Å². The summed E-state index contributed by atoms with van der Waals surface area (Å²) in [6, 6.07) is 19.9. The fraction of sp³-hybridized carbons (Fsp3) is 0.500. The monoisotopic (exact) mass is 1550 g/mol. The molecule has 2 saturated carbocycles. The number of nitrogens with one attached hydrogen (secondary N) is 5. The first-order valence-corrected chi connectivity index (χ1v) is 39.4. The number of ether oxygens (including phenoxy) is 4. The number of hydrogen-bond acceptors (Lipinski definition) is 18. The molecule has 4 fully saturated rings. The third-order valence-corrected chi connectivity index (χ3v) is 22.2. The van der Waals surface area contributed by atoms with Crippen LogP contribution in [0, 0.1) is 23.5 Å². The summed E-state index contributed by atoms with van der Waals surface area (Å²) in [5.74, 6) is -6.47. The minimum atomic E-state index is -4.29. The number of nitrogens with zero attached hydrogens (tertiary/aromatic N) is 4. The van der Waals surface area contributed by atoms with Crippen molar-refractivity contribution in [3.63, 3.8) is 0 Å². The standard InChI is InChI=1S/C38H46FN5O9S.C32H41FN4O8.C6H7NO2S/c1-37(2,3)53-35(48)40-30-18-11-6-4-5-8-14-25-20-38(25,34(47)42-54(50,51)27-15-9-7-10-16-27)41-32(45)31-19-26(22-44(31)33(30)46)52-36(49)43-21-24-13-12-17-29(39)28(24)23-43;1-31(2,3)45-29(42)34-24-13-8-6-4-5-7-11-20-15-32(20,28(40)41)35-26(38)25-14-21(17-37(25)27(24)39)44-30(43)36-16-19-10-9-12-23(33)22(19)18-36;7-10(8,9)6-4-2-1-3-5-6/h7-10,12-17,25-26,30-31H,4-6,11,18-23H2,1-3H3,(H,40,48)(H,41,45)(H,42,47);7,9-12,20-21,24-25H,4-6,8,13-18H2,1-3H3,(H,34,42)(H,35,38)(H,40,41);1-5H,(H2,7,8,9)/b14-8-;11-7-;/t25-,26-,30+,31+,38-;20-,21-,24+,25+,32-;/m11./s1. The second kappa shape index (κ2) is 33.9. The number of carboxylic acid groups (broad SMARTS) is 1. The molecule has 588 valence electrons. The van der Waals surface area contributed by atoms with E-state index in [1.807, 2.05) is 18.2 Å². The predicted molar refractivity (Wildman–Crippen MR) is 388 cm³/mol. The molecule has 109 heavy (non-hydrogen) atoms. The number of allylic oxidation sites excluding steroid dienone is 2. The molecule has 9 amide bonds. The van der Waals surface area contributed by atoms with E-state index in [1.165, 1.54) is 68.1 Å². The van der Waals surface area contributed by atoms with E-state index < -0.39 is 156 Å². The Morgan fingerprint density at radius 1 is 0.550 bits per heavy atom. The fourth-order valence-electron chi connectivity index (χ4n) is 14.1. The quantitative estimate of drug-likeness (QED) is 0.0616. The van der Waals surface area contributed by atoms with Crippen molar-refractivity contribution < 1.29 is 97.6 Å². The number of carboxylic acids is 1.